The number of nitrogens with zero attached hydrogens (tertiary/aromatic N) is 1. The third-order valence-electron chi connectivity index (χ3n) is 2.99. The second-order valence-electron chi connectivity index (χ2n) is 4.60. The molecule has 0 atom stereocenters. The molecule has 0 aromatic heterocycles. The standard InChI is InChI=1S/C17H13ClFN3O/c18-16-4-2-1-3-12(16)10-22-17(23)13(9-20)11-21-15-7-5-14(19)6-8-15/h1-8,11,21H,10H2,(H,22,23)/b13-11-. The molecular formula is C17H13ClFN3O. The molecule has 0 unspecified atom stereocenters. The first kappa shape index (κ1) is 16.5. The van der Waals surface area contributed by atoms with E-state index < -0.39 is 5.91 Å². The molecule has 0 heterocycles. The fourth-order valence-electron chi connectivity index (χ4n) is 1.76. The number of rotatable bonds is 5. The zero-order chi connectivity index (χ0) is 16.7. The average Bonchev–Trinajstić information content (AvgIpc) is 2.56. The number of halogens is 2. The SMILES string of the molecule is N#C/C(=C/Nc1ccc(F)cc1)C(=O)NCc1ccccc1Cl. The van der Waals surface area contributed by atoms with Crippen molar-refractivity contribution in [3.8, 4) is 6.07 Å². The lowest BCUT2D eigenvalue weighted by atomic mass is 10.2. The first-order chi connectivity index (χ1) is 11.1. The molecule has 0 aliphatic heterocycles. The van der Waals surface area contributed by atoms with Crippen LogP contribution in [0, 0.1) is 17.1 Å². The number of hydrogen-bond acceptors (Lipinski definition) is 3. The van der Waals surface area contributed by atoms with Crippen LogP contribution in [0.2, 0.25) is 5.02 Å². The van der Waals surface area contributed by atoms with Crippen LogP contribution in [0.3, 0.4) is 0 Å². The van der Waals surface area contributed by atoms with Crippen molar-refractivity contribution < 1.29 is 9.18 Å². The Morgan fingerprint density at radius 1 is 1.22 bits per heavy atom. The van der Waals surface area contributed by atoms with Crippen LogP contribution in [0.15, 0.2) is 60.3 Å². The maximum atomic E-state index is 12.8. The van der Waals surface area contributed by atoms with Crippen molar-refractivity contribution in [3.63, 3.8) is 0 Å². The summed E-state index contributed by atoms with van der Waals surface area (Å²) >= 11 is 6.00. The Balaban J connectivity index is 1.98. The van der Waals surface area contributed by atoms with Crippen LogP contribution in [0.5, 0.6) is 0 Å². The van der Waals surface area contributed by atoms with Gasteiger partial charge >= 0.3 is 0 Å². The molecule has 0 bridgehead atoms. The minimum Gasteiger partial charge on any atom is -0.360 e. The molecular weight excluding hydrogens is 317 g/mol. The van der Waals surface area contributed by atoms with Gasteiger partial charge in [-0.2, -0.15) is 5.26 Å². The molecule has 0 spiro atoms. The first-order valence-electron chi connectivity index (χ1n) is 6.74. The van der Waals surface area contributed by atoms with Crippen LogP contribution < -0.4 is 10.6 Å². The van der Waals surface area contributed by atoms with E-state index >= 15 is 0 Å². The predicted octanol–water partition coefficient (Wildman–Crippen LogP) is 3.61. The van der Waals surface area contributed by atoms with E-state index in [1.807, 2.05) is 12.1 Å². The van der Waals surface area contributed by atoms with Gasteiger partial charge in [-0.3, -0.25) is 4.79 Å². The molecule has 116 valence electrons. The van der Waals surface area contributed by atoms with Crippen molar-refractivity contribution in [1.82, 2.24) is 5.32 Å². The molecule has 0 saturated heterocycles. The highest BCUT2D eigenvalue weighted by molar-refractivity contribution is 6.31. The summed E-state index contributed by atoms with van der Waals surface area (Å²) in [4.78, 5) is 12.0. The number of nitrogens with one attached hydrogen (secondary N) is 2. The van der Waals surface area contributed by atoms with Gasteiger partial charge in [-0.15, -0.1) is 0 Å². The van der Waals surface area contributed by atoms with Gasteiger partial charge < -0.3 is 10.6 Å². The van der Waals surface area contributed by atoms with Gasteiger partial charge in [0.25, 0.3) is 5.91 Å². The zero-order valence-corrected chi connectivity index (χ0v) is 12.8. The summed E-state index contributed by atoms with van der Waals surface area (Å²) in [5.41, 5.74) is 1.23. The lowest BCUT2D eigenvalue weighted by Gasteiger charge is -2.06. The summed E-state index contributed by atoms with van der Waals surface area (Å²) in [5.74, 6) is -0.889. The number of hydrogen-bond donors (Lipinski definition) is 2. The van der Waals surface area contributed by atoms with E-state index in [2.05, 4.69) is 10.6 Å². The van der Waals surface area contributed by atoms with Crippen LogP contribution >= 0.6 is 11.6 Å². The van der Waals surface area contributed by atoms with E-state index in [1.165, 1.54) is 30.5 Å². The number of anilines is 1. The van der Waals surface area contributed by atoms with Gasteiger partial charge in [0.1, 0.15) is 17.5 Å². The molecule has 1 amide bonds. The first-order valence-corrected chi connectivity index (χ1v) is 7.12. The smallest absolute Gasteiger partial charge is 0.263 e. The summed E-state index contributed by atoms with van der Waals surface area (Å²) in [6.07, 6.45) is 1.27. The molecule has 0 radical (unpaired) electrons. The van der Waals surface area contributed by atoms with Crippen LogP contribution in [-0.4, -0.2) is 5.91 Å². The number of carbonyl (C=O) groups excluding carboxylic acids is 1. The number of benzene rings is 2. The Kier molecular flexibility index (Phi) is 5.73. The van der Waals surface area contributed by atoms with E-state index in [0.717, 1.165) is 5.56 Å². The van der Waals surface area contributed by atoms with E-state index in [-0.39, 0.29) is 17.9 Å². The fraction of sp³-hybridized carbons (Fsp3) is 0.0588. The van der Waals surface area contributed by atoms with E-state index in [1.54, 1.807) is 18.2 Å². The van der Waals surface area contributed by atoms with E-state index in [0.29, 0.717) is 10.7 Å². The monoisotopic (exact) mass is 329 g/mol. The molecule has 0 aliphatic rings. The molecule has 0 aliphatic carbocycles. The topological polar surface area (TPSA) is 64.9 Å². The van der Waals surface area contributed by atoms with Crippen molar-refractivity contribution in [3.05, 3.63) is 76.7 Å². The second-order valence-corrected chi connectivity index (χ2v) is 5.00. The van der Waals surface area contributed by atoms with Gasteiger partial charge in [-0.05, 0) is 35.9 Å². The van der Waals surface area contributed by atoms with Crippen molar-refractivity contribution >= 4 is 23.2 Å². The number of nitriles is 1. The zero-order valence-electron chi connectivity index (χ0n) is 12.0. The van der Waals surface area contributed by atoms with Crippen molar-refractivity contribution in [2.75, 3.05) is 5.32 Å². The maximum Gasteiger partial charge on any atom is 0.263 e. The number of amides is 1. The highest BCUT2D eigenvalue weighted by Crippen LogP contribution is 2.14. The molecule has 2 N–H and O–H groups in total. The number of carbonyl (C=O) groups is 1. The van der Waals surface area contributed by atoms with Crippen LogP contribution in [-0.2, 0) is 11.3 Å². The summed E-state index contributed by atoms with van der Waals surface area (Å²) in [7, 11) is 0. The van der Waals surface area contributed by atoms with Crippen molar-refractivity contribution in [1.29, 1.82) is 5.26 Å². The molecule has 2 aromatic carbocycles. The molecule has 6 heteroatoms. The normalized spacial score (nSPS) is 10.7. The summed E-state index contributed by atoms with van der Waals surface area (Å²) in [6.45, 7) is 0.216. The minimum absolute atomic E-state index is 0.0959. The summed E-state index contributed by atoms with van der Waals surface area (Å²) < 4.78 is 12.8. The molecule has 0 fully saturated rings. The Labute approximate surface area is 138 Å². The van der Waals surface area contributed by atoms with Gasteiger partial charge in [-0.25, -0.2) is 4.39 Å². The third-order valence-corrected chi connectivity index (χ3v) is 3.36. The Bertz CT molecular complexity index is 766. The third kappa shape index (κ3) is 4.83. The van der Waals surface area contributed by atoms with Gasteiger partial charge in [0.2, 0.25) is 0 Å². The molecule has 2 rings (SSSR count). The Hall–Kier alpha value is -2.84. The second kappa shape index (κ2) is 7.97. The lowest BCUT2D eigenvalue weighted by molar-refractivity contribution is -0.117. The van der Waals surface area contributed by atoms with E-state index in [9.17, 15) is 9.18 Å². The van der Waals surface area contributed by atoms with Crippen molar-refractivity contribution in [2.45, 2.75) is 6.54 Å². The summed E-state index contributed by atoms with van der Waals surface area (Å²) in [5, 5.41) is 15.0. The van der Waals surface area contributed by atoms with Gasteiger partial charge in [-0.1, -0.05) is 29.8 Å². The lowest BCUT2D eigenvalue weighted by Crippen LogP contribution is -2.24. The predicted molar refractivity (Wildman–Crippen MR) is 87.0 cm³/mol. The van der Waals surface area contributed by atoms with Crippen molar-refractivity contribution in [2.24, 2.45) is 0 Å². The van der Waals surface area contributed by atoms with Gasteiger partial charge in [0.05, 0.1) is 0 Å². The largest absolute Gasteiger partial charge is 0.360 e. The maximum absolute atomic E-state index is 12.8. The van der Waals surface area contributed by atoms with Gasteiger partial charge in [0.15, 0.2) is 0 Å². The average molecular weight is 330 g/mol. The van der Waals surface area contributed by atoms with Gasteiger partial charge in [0, 0.05) is 23.5 Å². The highest BCUT2D eigenvalue weighted by Gasteiger charge is 2.09. The fourth-order valence-corrected chi connectivity index (χ4v) is 1.97. The Morgan fingerprint density at radius 2 is 1.91 bits per heavy atom. The molecule has 23 heavy (non-hydrogen) atoms. The molecule has 2 aromatic rings. The Morgan fingerprint density at radius 3 is 2.57 bits per heavy atom. The minimum atomic E-state index is -0.526. The van der Waals surface area contributed by atoms with E-state index in [4.69, 9.17) is 16.9 Å². The van der Waals surface area contributed by atoms with Crippen LogP contribution in [0.4, 0.5) is 10.1 Å². The quantitative estimate of drug-likeness (QED) is 0.650. The molecule has 4 nitrogen and oxygen atoms in total. The van der Waals surface area contributed by atoms with Crippen LogP contribution in [0.1, 0.15) is 5.56 Å². The highest BCUT2D eigenvalue weighted by atomic mass is 35.5. The summed E-state index contributed by atoms with van der Waals surface area (Å²) in [6, 6.07) is 14.5. The molecule has 0 saturated carbocycles. The van der Waals surface area contributed by atoms with Crippen LogP contribution in [0.25, 0.3) is 0 Å².